The molecule has 0 spiro atoms. The highest BCUT2D eigenvalue weighted by molar-refractivity contribution is 6.12. The maximum absolute atomic E-state index is 13.8. The van der Waals surface area contributed by atoms with Gasteiger partial charge in [0.15, 0.2) is 12.1 Å². The van der Waals surface area contributed by atoms with E-state index in [-0.39, 0.29) is 44.7 Å². The Kier molecular flexibility index (Phi) is 14.5. The molecule has 12 heteroatoms. The maximum atomic E-state index is 13.8. The Morgan fingerprint density at radius 2 is 1.53 bits per heavy atom. The van der Waals surface area contributed by atoms with Crippen molar-refractivity contribution >= 4 is 17.8 Å². The molecular weight excluding hydrogens is 730 g/mol. The van der Waals surface area contributed by atoms with Crippen LogP contribution in [0.15, 0.2) is 95.4 Å². The molecule has 2 aliphatic rings. The van der Waals surface area contributed by atoms with Gasteiger partial charge in [-0.1, -0.05) is 104 Å². The Bertz CT molecular complexity index is 1930. The van der Waals surface area contributed by atoms with Crippen molar-refractivity contribution in [2.45, 2.75) is 90.5 Å². The van der Waals surface area contributed by atoms with Crippen molar-refractivity contribution in [3.05, 3.63) is 119 Å². The van der Waals surface area contributed by atoms with Crippen LogP contribution in [0.3, 0.4) is 0 Å². The second kappa shape index (κ2) is 19.6. The summed E-state index contributed by atoms with van der Waals surface area (Å²) in [5, 5.41) is 10.4. The molecule has 0 aliphatic carbocycles. The molecule has 57 heavy (non-hydrogen) atoms. The minimum atomic E-state index is -1.17. The van der Waals surface area contributed by atoms with E-state index in [0.29, 0.717) is 18.6 Å². The predicted molar refractivity (Wildman–Crippen MR) is 210 cm³/mol. The number of aliphatic hydroxyl groups excluding tert-OH is 1. The lowest BCUT2D eigenvalue weighted by Crippen LogP contribution is -2.61. The van der Waals surface area contributed by atoms with Gasteiger partial charge in [0.1, 0.15) is 42.7 Å². The lowest BCUT2D eigenvalue weighted by molar-refractivity contribution is -0.319. The molecule has 12 nitrogen and oxygen atoms in total. The first-order valence-corrected chi connectivity index (χ1v) is 19.5. The first kappa shape index (κ1) is 41.9. The summed E-state index contributed by atoms with van der Waals surface area (Å²) in [7, 11) is 1.52. The molecule has 0 saturated carbocycles. The molecule has 2 saturated heterocycles. The van der Waals surface area contributed by atoms with E-state index in [1.807, 2.05) is 106 Å². The molecule has 4 aromatic rings. The topological polar surface area (TPSA) is 143 Å². The minimum Gasteiger partial charge on any atom is -0.457 e. The fraction of sp³-hybridized carbons (Fsp3) is 0.444. The zero-order chi connectivity index (χ0) is 40.5. The third-order valence-electron chi connectivity index (χ3n) is 10.5. The van der Waals surface area contributed by atoms with Crippen LogP contribution in [0.1, 0.15) is 60.2 Å². The van der Waals surface area contributed by atoms with Gasteiger partial charge in [-0.05, 0) is 48.9 Å². The monoisotopic (exact) mass is 783 g/mol. The number of methoxy groups -OCH3 is 1. The summed E-state index contributed by atoms with van der Waals surface area (Å²) in [6.07, 6.45) is -3.58. The summed E-state index contributed by atoms with van der Waals surface area (Å²) in [6.45, 7) is 7.81. The van der Waals surface area contributed by atoms with E-state index in [0.717, 1.165) is 32.7 Å². The average Bonchev–Trinajstić information content (AvgIpc) is 3.84. The number of imide groups is 1. The van der Waals surface area contributed by atoms with Gasteiger partial charge in [0, 0.05) is 25.7 Å². The normalized spacial score (nSPS) is 22.8. The van der Waals surface area contributed by atoms with Crippen molar-refractivity contribution < 1.29 is 52.3 Å². The van der Waals surface area contributed by atoms with Crippen LogP contribution in [0, 0.1) is 18.8 Å². The molecule has 6 rings (SSSR count). The van der Waals surface area contributed by atoms with Crippen LogP contribution in [-0.4, -0.2) is 91.5 Å². The molecule has 0 bridgehead atoms. The summed E-state index contributed by atoms with van der Waals surface area (Å²) < 4.78 is 42.9. The molecule has 2 fully saturated rings. The Hall–Kier alpha value is -4.69. The molecule has 3 heterocycles. The van der Waals surface area contributed by atoms with Crippen molar-refractivity contribution in [2.24, 2.45) is 11.8 Å². The molecule has 3 aromatic carbocycles. The summed E-state index contributed by atoms with van der Waals surface area (Å²) >= 11 is 0. The smallest absolute Gasteiger partial charge is 0.417 e. The van der Waals surface area contributed by atoms with Crippen LogP contribution in [0.5, 0.6) is 0 Å². The van der Waals surface area contributed by atoms with Crippen molar-refractivity contribution in [1.82, 2.24) is 4.90 Å². The number of carbonyl (C=O) groups is 3. The maximum Gasteiger partial charge on any atom is 0.417 e. The van der Waals surface area contributed by atoms with Crippen LogP contribution in [0.4, 0.5) is 4.79 Å². The molecule has 7 unspecified atom stereocenters. The first-order valence-electron chi connectivity index (χ1n) is 19.5. The van der Waals surface area contributed by atoms with E-state index < -0.39 is 60.4 Å². The second-order valence-corrected chi connectivity index (χ2v) is 14.9. The van der Waals surface area contributed by atoms with Crippen molar-refractivity contribution in [3.63, 3.8) is 0 Å². The van der Waals surface area contributed by atoms with Crippen molar-refractivity contribution in [1.29, 1.82) is 0 Å². The van der Waals surface area contributed by atoms with Gasteiger partial charge in [-0.15, -0.1) is 0 Å². The largest absolute Gasteiger partial charge is 0.457 e. The van der Waals surface area contributed by atoms with Crippen LogP contribution in [0.2, 0.25) is 0 Å². The second-order valence-electron chi connectivity index (χ2n) is 14.9. The van der Waals surface area contributed by atoms with Crippen LogP contribution in [0.25, 0.3) is 11.1 Å². The van der Waals surface area contributed by atoms with Crippen molar-refractivity contribution in [3.8, 4) is 11.1 Å². The van der Waals surface area contributed by atoms with Gasteiger partial charge in [0.05, 0.1) is 25.9 Å². The van der Waals surface area contributed by atoms with Gasteiger partial charge in [0.2, 0.25) is 11.7 Å². The van der Waals surface area contributed by atoms with Gasteiger partial charge in [-0.25, -0.2) is 9.69 Å². The molecule has 1 aromatic heterocycles. The minimum absolute atomic E-state index is 0.0277. The van der Waals surface area contributed by atoms with Gasteiger partial charge >= 0.3 is 6.09 Å². The molecule has 7 atom stereocenters. The fourth-order valence-corrected chi connectivity index (χ4v) is 7.27. The van der Waals surface area contributed by atoms with Gasteiger partial charge < -0.3 is 37.9 Å². The van der Waals surface area contributed by atoms with E-state index in [1.54, 1.807) is 6.07 Å². The van der Waals surface area contributed by atoms with Gasteiger partial charge in [-0.3, -0.25) is 9.59 Å². The summed E-state index contributed by atoms with van der Waals surface area (Å²) in [5.74, 6) is -1.78. The number of ether oxygens (including phenoxy) is 6. The number of furan rings is 1. The molecule has 1 N–H and O–H groups in total. The first-order chi connectivity index (χ1) is 27.6. The van der Waals surface area contributed by atoms with Gasteiger partial charge in [0.25, 0.3) is 0 Å². The number of nitrogens with zero attached hydrogens (tertiary/aromatic N) is 1. The predicted octanol–water partition coefficient (Wildman–Crippen LogP) is 6.93. The Labute approximate surface area is 333 Å². The number of aliphatic hydroxyl groups is 1. The third kappa shape index (κ3) is 10.1. The number of amides is 2. The molecular formula is C45H53NO11. The Morgan fingerprint density at radius 3 is 2.14 bits per heavy atom. The zero-order valence-corrected chi connectivity index (χ0v) is 33.2. The highest BCUT2D eigenvalue weighted by Gasteiger charge is 2.48. The number of carbonyl (C=O) groups excluding carboxylic acids is 3. The van der Waals surface area contributed by atoms with E-state index >= 15 is 0 Å². The number of rotatable bonds is 18. The highest BCUT2D eigenvalue weighted by atomic mass is 16.7. The third-order valence-corrected chi connectivity index (χ3v) is 10.5. The number of benzene rings is 3. The SMILES string of the molecule is COC1OC(CO)C(OCc2ccccc2)C(OCc2ccccc2)C1OCCCc1oc(C(=O)C(C)C(=O)N2C(=O)OCC2C(C)C)cc1-c1cccc(C)c1. The fourth-order valence-electron chi connectivity index (χ4n) is 7.27. The van der Waals surface area contributed by atoms with E-state index in [1.165, 1.54) is 14.0 Å². The number of aryl methyl sites for hydroxylation is 2. The van der Waals surface area contributed by atoms with Crippen molar-refractivity contribution in [2.75, 3.05) is 26.9 Å². The summed E-state index contributed by atoms with van der Waals surface area (Å²) in [6, 6.07) is 28.6. The van der Waals surface area contributed by atoms with E-state index in [4.69, 9.17) is 32.8 Å². The standard InChI is InChI=1S/C45H53NO11/c1-28(2)35-27-55-45(50)46(35)43(49)30(4)39(48)37-23-34(33-19-12-14-29(3)22-33)36(56-37)20-13-21-52-42-41(54-26-32-17-10-7-11-18-32)40(38(24-47)57-44(42)51-5)53-25-31-15-8-6-9-16-31/h6-12,14-19,22-23,28,30,35,38,40-42,44,47H,13,20-21,24-27H2,1-5H3. The number of cyclic esters (lactones) is 1. The average molecular weight is 784 g/mol. The number of ketones is 1. The zero-order valence-electron chi connectivity index (χ0n) is 33.2. The molecule has 2 aliphatic heterocycles. The highest BCUT2D eigenvalue weighted by Crippen LogP contribution is 2.33. The summed E-state index contributed by atoms with van der Waals surface area (Å²) in [4.78, 5) is 41.0. The number of Topliss-reactive ketones (excluding diaryl/α,β-unsaturated/α-hetero) is 1. The molecule has 2 amide bonds. The Morgan fingerprint density at radius 1 is 0.860 bits per heavy atom. The lowest BCUT2D eigenvalue weighted by atomic mass is 9.97. The molecule has 304 valence electrons. The lowest BCUT2D eigenvalue weighted by Gasteiger charge is -2.45. The van der Waals surface area contributed by atoms with Gasteiger partial charge in [-0.2, -0.15) is 0 Å². The number of hydrogen-bond acceptors (Lipinski definition) is 11. The Balaban J connectivity index is 1.20. The summed E-state index contributed by atoms with van der Waals surface area (Å²) in [5.41, 5.74) is 4.53. The quantitative estimate of drug-likeness (QED) is 0.0638. The molecule has 0 radical (unpaired) electrons. The number of hydrogen-bond donors (Lipinski definition) is 1. The van der Waals surface area contributed by atoms with Crippen LogP contribution < -0.4 is 0 Å². The van der Waals surface area contributed by atoms with E-state index in [9.17, 15) is 19.5 Å². The van der Waals surface area contributed by atoms with E-state index in [2.05, 4.69) is 0 Å². The van der Waals surface area contributed by atoms with Crippen LogP contribution in [-0.2, 0) is 52.9 Å². The van der Waals surface area contributed by atoms with Crippen LogP contribution >= 0.6 is 0 Å².